The van der Waals surface area contributed by atoms with Gasteiger partial charge < -0.3 is 10.2 Å². The van der Waals surface area contributed by atoms with Gasteiger partial charge in [-0.3, -0.25) is 14.6 Å². The van der Waals surface area contributed by atoms with Crippen molar-refractivity contribution in [3.63, 3.8) is 0 Å². The summed E-state index contributed by atoms with van der Waals surface area (Å²) in [5, 5.41) is 32.9. The summed E-state index contributed by atoms with van der Waals surface area (Å²) in [7, 11) is 0. The molecule has 0 saturated heterocycles. The van der Waals surface area contributed by atoms with Crippen LogP contribution in [-0.2, 0) is 35.5 Å². The molecular weight excluding hydrogens is 342 g/mol. The molecule has 3 aromatic heterocycles. The molecule has 3 aromatic rings. The van der Waals surface area contributed by atoms with E-state index < -0.39 is 11.9 Å². The normalized spacial score (nSPS) is 10.8. The molecule has 3 heterocycles. The lowest BCUT2D eigenvalue weighted by Gasteiger charge is -2.04. The summed E-state index contributed by atoms with van der Waals surface area (Å²) in [4.78, 5) is 25.9. The first-order valence-corrected chi connectivity index (χ1v) is 7.64. The first-order chi connectivity index (χ1) is 12.5. The molecular formula is C15H15N7O4. The molecule has 0 aromatic carbocycles. The van der Waals surface area contributed by atoms with Crippen molar-refractivity contribution in [1.29, 1.82) is 0 Å². The van der Waals surface area contributed by atoms with Gasteiger partial charge >= 0.3 is 11.9 Å². The zero-order chi connectivity index (χ0) is 18.5. The Hall–Kier alpha value is -3.63. The third-order valence-corrected chi connectivity index (χ3v) is 3.35. The van der Waals surface area contributed by atoms with Crippen molar-refractivity contribution in [2.45, 2.75) is 25.9 Å². The Bertz CT molecular complexity index is 862. The fourth-order valence-corrected chi connectivity index (χ4v) is 2.34. The molecule has 0 saturated carbocycles. The lowest BCUT2D eigenvalue weighted by molar-refractivity contribution is -0.137. The van der Waals surface area contributed by atoms with Gasteiger partial charge in [0.15, 0.2) is 0 Å². The zero-order valence-corrected chi connectivity index (χ0v) is 13.6. The van der Waals surface area contributed by atoms with Crippen molar-refractivity contribution in [2.75, 3.05) is 0 Å². The number of pyridine rings is 1. The van der Waals surface area contributed by atoms with E-state index in [-0.39, 0.29) is 12.8 Å². The van der Waals surface area contributed by atoms with Gasteiger partial charge in [0.1, 0.15) is 0 Å². The van der Waals surface area contributed by atoms with E-state index in [1.807, 2.05) is 18.2 Å². The Morgan fingerprint density at radius 1 is 0.808 bits per heavy atom. The second-order valence-corrected chi connectivity index (χ2v) is 5.58. The van der Waals surface area contributed by atoms with Crippen molar-refractivity contribution < 1.29 is 19.8 Å². The Morgan fingerprint density at radius 3 is 1.69 bits per heavy atom. The molecule has 0 atom stereocenters. The highest BCUT2D eigenvalue weighted by molar-refractivity contribution is 5.69. The van der Waals surface area contributed by atoms with E-state index in [4.69, 9.17) is 10.2 Å². The fourth-order valence-electron chi connectivity index (χ4n) is 2.34. The SMILES string of the molecule is O=C(O)Cc1cn(Cc2cccc(Cn3cc(CC(=O)O)nn3)n2)nn1. The lowest BCUT2D eigenvalue weighted by atomic mass is 10.3. The minimum atomic E-state index is -0.965. The number of aliphatic carboxylic acids is 2. The summed E-state index contributed by atoms with van der Waals surface area (Å²) in [6.07, 6.45) is 2.77. The van der Waals surface area contributed by atoms with Gasteiger partial charge in [-0.15, -0.1) is 10.2 Å². The largest absolute Gasteiger partial charge is 0.481 e. The third-order valence-electron chi connectivity index (χ3n) is 3.35. The van der Waals surface area contributed by atoms with Crippen LogP contribution < -0.4 is 0 Å². The van der Waals surface area contributed by atoms with Crippen LogP contribution in [0.4, 0.5) is 0 Å². The van der Waals surface area contributed by atoms with Gasteiger partial charge in [-0.25, -0.2) is 9.36 Å². The summed E-state index contributed by atoms with van der Waals surface area (Å²) in [5.74, 6) is -1.93. The Labute approximate surface area is 146 Å². The molecule has 26 heavy (non-hydrogen) atoms. The van der Waals surface area contributed by atoms with Gasteiger partial charge in [-0.05, 0) is 12.1 Å². The first-order valence-electron chi connectivity index (χ1n) is 7.64. The summed E-state index contributed by atoms with van der Waals surface area (Å²) < 4.78 is 3.04. The maximum Gasteiger partial charge on any atom is 0.309 e. The van der Waals surface area contributed by atoms with Crippen LogP contribution in [0.5, 0.6) is 0 Å². The minimum absolute atomic E-state index is 0.182. The molecule has 0 aliphatic carbocycles. The Balaban J connectivity index is 1.66. The number of hydrogen-bond acceptors (Lipinski definition) is 7. The minimum Gasteiger partial charge on any atom is -0.481 e. The number of hydrogen-bond donors (Lipinski definition) is 2. The number of carbonyl (C=O) groups is 2. The summed E-state index contributed by atoms with van der Waals surface area (Å²) >= 11 is 0. The molecule has 0 unspecified atom stereocenters. The summed E-state index contributed by atoms with van der Waals surface area (Å²) in [5.41, 5.74) is 2.20. The van der Waals surface area contributed by atoms with Crippen LogP contribution in [-0.4, -0.2) is 57.1 Å². The molecule has 0 bridgehead atoms. The molecule has 11 nitrogen and oxygen atoms in total. The smallest absolute Gasteiger partial charge is 0.309 e. The zero-order valence-electron chi connectivity index (χ0n) is 13.6. The Morgan fingerprint density at radius 2 is 1.27 bits per heavy atom. The second-order valence-electron chi connectivity index (χ2n) is 5.58. The molecule has 0 aliphatic rings. The molecule has 3 rings (SSSR count). The molecule has 134 valence electrons. The Kier molecular flexibility index (Phi) is 4.97. The monoisotopic (exact) mass is 357 g/mol. The number of carboxylic acids is 2. The van der Waals surface area contributed by atoms with Gasteiger partial charge in [0.05, 0.1) is 48.7 Å². The predicted octanol–water partition coefficient (Wildman–Crippen LogP) is -0.385. The molecule has 2 N–H and O–H groups in total. The number of carboxylic acid groups (broad SMARTS) is 2. The van der Waals surface area contributed by atoms with Crippen LogP contribution in [0, 0.1) is 0 Å². The van der Waals surface area contributed by atoms with Crippen LogP contribution in [0.25, 0.3) is 0 Å². The number of aromatic nitrogens is 7. The predicted molar refractivity (Wildman–Crippen MR) is 85.2 cm³/mol. The summed E-state index contributed by atoms with van der Waals surface area (Å²) in [6.45, 7) is 0.699. The highest BCUT2D eigenvalue weighted by Crippen LogP contribution is 2.05. The quantitative estimate of drug-likeness (QED) is 0.550. The molecule has 0 fully saturated rings. The average molecular weight is 357 g/mol. The molecule has 0 spiro atoms. The van der Waals surface area contributed by atoms with Crippen molar-refractivity contribution >= 4 is 11.9 Å². The van der Waals surface area contributed by atoms with E-state index in [0.717, 1.165) is 11.4 Å². The van der Waals surface area contributed by atoms with Gasteiger partial charge in [0.25, 0.3) is 0 Å². The van der Waals surface area contributed by atoms with E-state index in [9.17, 15) is 9.59 Å². The maximum absolute atomic E-state index is 10.7. The summed E-state index contributed by atoms with van der Waals surface area (Å²) in [6, 6.07) is 5.47. The van der Waals surface area contributed by atoms with E-state index >= 15 is 0 Å². The highest BCUT2D eigenvalue weighted by Gasteiger charge is 2.09. The van der Waals surface area contributed by atoms with Crippen molar-refractivity contribution in [2.24, 2.45) is 0 Å². The molecule has 0 radical (unpaired) electrons. The van der Waals surface area contributed by atoms with Crippen LogP contribution in [0.3, 0.4) is 0 Å². The molecule has 11 heteroatoms. The van der Waals surface area contributed by atoms with Crippen LogP contribution >= 0.6 is 0 Å². The fraction of sp³-hybridized carbons (Fsp3) is 0.267. The topological polar surface area (TPSA) is 149 Å². The molecule has 0 aliphatic heterocycles. The standard InChI is InChI=1S/C15H15N7O4/c23-14(24)4-12-8-21(19-17-12)6-10-2-1-3-11(16-10)7-22-9-13(18-20-22)5-15(25)26/h1-3,8-9H,4-7H2,(H,23,24)(H,25,26). The van der Waals surface area contributed by atoms with Gasteiger partial charge in [0.2, 0.25) is 0 Å². The highest BCUT2D eigenvalue weighted by atomic mass is 16.4. The van der Waals surface area contributed by atoms with E-state index in [2.05, 4.69) is 25.6 Å². The van der Waals surface area contributed by atoms with E-state index in [1.54, 1.807) is 12.4 Å². The third kappa shape index (κ3) is 4.69. The van der Waals surface area contributed by atoms with Gasteiger partial charge in [0, 0.05) is 12.4 Å². The number of nitrogens with zero attached hydrogens (tertiary/aromatic N) is 7. The van der Waals surface area contributed by atoms with Crippen LogP contribution in [0.1, 0.15) is 22.8 Å². The van der Waals surface area contributed by atoms with Gasteiger partial charge in [-0.1, -0.05) is 16.5 Å². The van der Waals surface area contributed by atoms with Crippen LogP contribution in [0.15, 0.2) is 30.6 Å². The first kappa shape index (κ1) is 17.2. The van der Waals surface area contributed by atoms with Crippen LogP contribution in [0.2, 0.25) is 0 Å². The van der Waals surface area contributed by atoms with Crippen molar-refractivity contribution in [1.82, 2.24) is 35.0 Å². The number of rotatable bonds is 8. The average Bonchev–Trinajstić information content (AvgIpc) is 3.16. The van der Waals surface area contributed by atoms with Crippen molar-refractivity contribution in [3.8, 4) is 0 Å². The molecule has 0 amide bonds. The van der Waals surface area contributed by atoms with Gasteiger partial charge in [-0.2, -0.15) is 0 Å². The van der Waals surface area contributed by atoms with Crippen molar-refractivity contribution in [3.05, 3.63) is 53.4 Å². The van der Waals surface area contributed by atoms with E-state index in [1.165, 1.54) is 9.36 Å². The second kappa shape index (κ2) is 7.51. The maximum atomic E-state index is 10.7. The van der Waals surface area contributed by atoms with E-state index in [0.29, 0.717) is 24.5 Å². The lowest BCUT2D eigenvalue weighted by Crippen LogP contribution is -2.07.